The summed E-state index contributed by atoms with van der Waals surface area (Å²) < 4.78 is 2.65. The maximum Gasteiger partial charge on any atom is 0.181 e. The molecule has 11 heavy (non-hydrogen) atoms. The third-order valence-corrected chi connectivity index (χ3v) is 2.26. The Balaban J connectivity index is 2.87. The van der Waals surface area contributed by atoms with Crippen LogP contribution in [-0.2, 0) is 0 Å². The van der Waals surface area contributed by atoms with Crippen LogP contribution in [0.3, 0.4) is 0 Å². The molecule has 2 aromatic heterocycles. The van der Waals surface area contributed by atoms with Gasteiger partial charge < -0.3 is 0 Å². The summed E-state index contributed by atoms with van der Waals surface area (Å²) in [5.74, 6) is 0. The molecule has 0 bridgehead atoms. The summed E-state index contributed by atoms with van der Waals surface area (Å²) in [6, 6.07) is 3.76. The Labute approximate surface area is 76.9 Å². The van der Waals surface area contributed by atoms with Crippen LogP contribution in [0.15, 0.2) is 29.3 Å². The third kappa shape index (κ3) is 1.14. The van der Waals surface area contributed by atoms with Crippen molar-refractivity contribution in [3.05, 3.63) is 34.3 Å². The highest BCUT2D eigenvalue weighted by molar-refractivity contribution is 9.10. The molecule has 0 aliphatic carbocycles. The zero-order valence-electron chi connectivity index (χ0n) is 5.46. The highest BCUT2D eigenvalue weighted by Gasteiger charge is 1.98. The van der Waals surface area contributed by atoms with Crippen LogP contribution in [0.25, 0.3) is 5.52 Å². The Morgan fingerprint density at radius 1 is 1.45 bits per heavy atom. The monoisotopic (exact) mass is 230 g/mol. The average molecular weight is 231 g/mol. The van der Waals surface area contributed by atoms with Crippen molar-refractivity contribution in [2.75, 3.05) is 0 Å². The fourth-order valence-electron chi connectivity index (χ4n) is 0.933. The highest BCUT2D eigenvalue weighted by Crippen LogP contribution is 2.15. The number of pyridine rings is 1. The Morgan fingerprint density at radius 2 is 2.27 bits per heavy atom. The molecule has 4 heteroatoms. The minimum absolute atomic E-state index is 0.705. The maximum atomic E-state index is 5.78. The van der Waals surface area contributed by atoms with Crippen LogP contribution in [0.1, 0.15) is 0 Å². The standard InChI is InChI=1S/C7H4BrClN2/c8-7-10-3-6-2-1-5(9)4-11(6)7/h1-4H. The van der Waals surface area contributed by atoms with E-state index in [1.165, 1.54) is 0 Å². The Hall–Kier alpha value is -0.540. The third-order valence-electron chi connectivity index (χ3n) is 1.45. The molecule has 0 aromatic carbocycles. The fraction of sp³-hybridized carbons (Fsp3) is 0. The van der Waals surface area contributed by atoms with E-state index in [0.29, 0.717) is 5.02 Å². The van der Waals surface area contributed by atoms with Gasteiger partial charge in [-0.3, -0.25) is 4.40 Å². The molecule has 2 rings (SSSR count). The summed E-state index contributed by atoms with van der Waals surface area (Å²) in [6.45, 7) is 0. The van der Waals surface area contributed by atoms with Crippen molar-refractivity contribution in [2.24, 2.45) is 0 Å². The summed E-state index contributed by atoms with van der Waals surface area (Å²) in [5.41, 5.74) is 1.03. The number of aromatic nitrogens is 2. The number of nitrogens with zero attached hydrogens (tertiary/aromatic N) is 2. The Bertz CT molecular complexity index is 396. The lowest BCUT2D eigenvalue weighted by Gasteiger charge is -1.94. The minimum Gasteiger partial charge on any atom is -0.293 e. The molecule has 0 aliphatic heterocycles. The number of imidazole rings is 1. The van der Waals surface area contributed by atoms with Gasteiger partial charge in [-0.05, 0) is 28.1 Å². The van der Waals surface area contributed by atoms with Crippen LogP contribution < -0.4 is 0 Å². The number of hydrogen-bond donors (Lipinski definition) is 0. The molecule has 0 radical (unpaired) electrons. The number of fused-ring (bicyclic) bond motifs is 1. The molecule has 0 N–H and O–H groups in total. The molecule has 0 amide bonds. The van der Waals surface area contributed by atoms with E-state index in [4.69, 9.17) is 11.6 Å². The van der Waals surface area contributed by atoms with Crippen molar-refractivity contribution in [2.45, 2.75) is 0 Å². The van der Waals surface area contributed by atoms with Crippen LogP contribution >= 0.6 is 27.5 Å². The van der Waals surface area contributed by atoms with Gasteiger partial charge in [-0.25, -0.2) is 4.98 Å². The molecular formula is C7H4BrClN2. The number of hydrogen-bond acceptors (Lipinski definition) is 1. The highest BCUT2D eigenvalue weighted by atomic mass is 79.9. The predicted molar refractivity (Wildman–Crippen MR) is 47.9 cm³/mol. The van der Waals surface area contributed by atoms with Crippen LogP contribution in [-0.4, -0.2) is 9.38 Å². The molecule has 0 saturated heterocycles. The number of rotatable bonds is 0. The zero-order chi connectivity index (χ0) is 7.84. The normalized spacial score (nSPS) is 10.7. The first-order valence-electron chi connectivity index (χ1n) is 3.05. The van der Waals surface area contributed by atoms with E-state index in [9.17, 15) is 0 Å². The lowest BCUT2D eigenvalue weighted by atomic mass is 10.4. The van der Waals surface area contributed by atoms with Crippen molar-refractivity contribution in [1.29, 1.82) is 0 Å². The molecule has 2 nitrogen and oxygen atoms in total. The minimum atomic E-state index is 0.705. The summed E-state index contributed by atoms with van der Waals surface area (Å²) in [6.07, 6.45) is 3.59. The van der Waals surface area contributed by atoms with Gasteiger partial charge in [-0.15, -0.1) is 0 Å². The van der Waals surface area contributed by atoms with Gasteiger partial charge in [0.05, 0.1) is 16.7 Å². The zero-order valence-corrected chi connectivity index (χ0v) is 7.80. The molecule has 2 heterocycles. The lowest BCUT2D eigenvalue weighted by Crippen LogP contribution is -1.82. The second kappa shape index (κ2) is 2.50. The van der Waals surface area contributed by atoms with Gasteiger partial charge >= 0.3 is 0 Å². The van der Waals surface area contributed by atoms with Gasteiger partial charge in [0.1, 0.15) is 0 Å². The van der Waals surface area contributed by atoms with E-state index in [2.05, 4.69) is 20.9 Å². The van der Waals surface area contributed by atoms with Crippen LogP contribution in [0, 0.1) is 0 Å². The van der Waals surface area contributed by atoms with E-state index in [0.717, 1.165) is 10.3 Å². The van der Waals surface area contributed by atoms with Gasteiger partial charge in [-0.2, -0.15) is 0 Å². The summed E-state index contributed by atoms with van der Waals surface area (Å²) in [5, 5.41) is 0.705. The van der Waals surface area contributed by atoms with Crippen molar-refractivity contribution in [1.82, 2.24) is 9.38 Å². The molecule has 0 spiro atoms. The predicted octanol–water partition coefficient (Wildman–Crippen LogP) is 2.75. The molecule has 0 unspecified atom stereocenters. The van der Waals surface area contributed by atoms with Crippen molar-refractivity contribution >= 4 is 33.0 Å². The molecule has 0 aliphatic rings. The quantitative estimate of drug-likeness (QED) is 0.681. The first kappa shape index (κ1) is 7.13. The first-order valence-corrected chi connectivity index (χ1v) is 4.22. The van der Waals surface area contributed by atoms with Crippen molar-refractivity contribution in [3.63, 3.8) is 0 Å². The van der Waals surface area contributed by atoms with E-state index in [1.54, 1.807) is 6.20 Å². The second-order valence-electron chi connectivity index (χ2n) is 2.17. The van der Waals surface area contributed by atoms with E-state index >= 15 is 0 Å². The summed E-state index contributed by atoms with van der Waals surface area (Å²) in [7, 11) is 0. The largest absolute Gasteiger partial charge is 0.293 e. The summed E-state index contributed by atoms with van der Waals surface area (Å²) >= 11 is 9.07. The van der Waals surface area contributed by atoms with Gasteiger partial charge in [0, 0.05) is 6.20 Å². The molecule has 0 fully saturated rings. The van der Waals surface area contributed by atoms with Crippen molar-refractivity contribution < 1.29 is 0 Å². The van der Waals surface area contributed by atoms with Gasteiger partial charge in [-0.1, -0.05) is 11.6 Å². The van der Waals surface area contributed by atoms with Crippen LogP contribution in [0.2, 0.25) is 5.02 Å². The van der Waals surface area contributed by atoms with E-state index in [-0.39, 0.29) is 0 Å². The van der Waals surface area contributed by atoms with E-state index < -0.39 is 0 Å². The summed E-state index contributed by atoms with van der Waals surface area (Å²) in [4.78, 5) is 4.06. The van der Waals surface area contributed by atoms with Gasteiger partial charge in [0.25, 0.3) is 0 Å². The Kier molecular flexibility index (Phi) is 1.62. The molecule has 56 valence electrons. The Morgan fingerprint density at radius 3 is 3.09 bits per heavy atom. The average Bonchev–Trinajstić information content (AvgIpc) is 2.33. The van der Waals surface area contributed by atoms with Crippen molar-refractivity contribution in [3.8, 4) is 0 Å². The van der Waals surface area contributed by atoms with Gasteiger partial charge in [0.2, 0.25) is 0 Å². The van der Waals surface area contributed by atoms with E-state index in [1.807, 2.05) is 22.7 Å². The molecular weight excluding hydrogens is 227 g/mol. The fourth-order valence-corrected chi connectivity index (χ4v) is 1.50. The van der Waals surface area contributed by atoms with Gasteiger partial charge in [0.15, 0.2) is 4.73 Å². The number of halogens is 2. The SMILES string of the molecule is Clc1ccc2cnc(Br)n2c1. The first-order chi connectivity index (χ1) is 5.27. The van der Waals surface area contributed by atoms with Crippen LogP contribution in [0.4, 0.5) is 0 Å². The molecule has 2 aromatic rings. The smallest absolute Gasteiger partial charge is 0.181 e. The van der Waals surface area contributed by atoms with Crippen LogP contribution in [0.5, 0.6) is 0 Å². The second-order valence-corrected chi connectivity index (χ2v) is 3.32. The molecule has 0 atom stereocenters. The maximum absolute atomic E-state index is 5.78. The topological polar surface area (TPSA) is 17.3 Å². The lowest BCUT2D eigenvalue weighted by molar-refractivity contribution is 1.10. The molecule has 0 saturated carbocycles.